The normalized spacial score (nSPS) is 10.6. The van der Waals surface area contributed by atoms with Crippen LogP contribution in [0.15, 0.2) is 72.4 Å². The van der Waals surface area contributed by atoms with E-state index in [1.54, 1.807) is 42.5 Å². The molecule has 0 heterocycles. The third kappa shape index (κ3) is 8.51. The number of carbonyl (C=O) groups excluding carboxylic acids is 2. The number of ether oxygens (including phenoxy) is 4. The Balaban J connectivity index is 1.66. The molecule has 2 N–H and O–H groups in total. The van der Waals surface area contributed by atoms with Crippen LogP contribution in [0.3, 0.4) is 0 Å². The maximum absolute atomic E-state index is 12.6. The Morgan fingerprint density at radius 3 is 2.56 bits per heavy atom. The smallest absolute Gasteiger partial charge is 0.271 e. The molecule has 0 aliphatic carbocycles. The summed E-state index contributed by atoms with van der Waals surface area (Å²) in [4.78, 5) is 24.9. The van der Waals surface area contributed by atoms with Crippen molar-refractivity contribution in [2.75, 3.05) is 32.2 Å². The maximum Gasteiger partial charge on any atom is 0.271 e. The first-order valence-corrected chi connectivity index (χ1v) is 12.4. The van der Waals surface area contributed by atoms with E-state index in [4.69, 9.17) is 30.5 Å². The van der Waals surface area contributed by atoms with Crippen LogP contribution in [0, 0.1) is 6.92 Å². The fourth-order valence-corrected chi connectivity index (χ4v) is 3.70. The van der Waals surface area contributed by atoms with Gasteiger partial charge in [-0.05, 0) is 67.4 Å². The number of aryl methyl sites for hydroxylation is 1. The number of anilines is 1. The van der Waals surface area contributed by atoms with E-state index in [2.05, 4.69) is 22.4 Å². The highest BCUT2D eigenvalue weighted by Gasteiger charge is 2.15. The molecule has 0 radical (unpaired) electrons. The number of hydrazone groups is 1. The predicted molar refractivity (Wildman–Crippen MR) is 152 cm³/mol. The largest absolute Gasteiger partial charge is 0.493 e. The molecule has 204 valence electrons. The molecule has 0 spiro atoms. The SMILES string of the molecule is C=CCOc1ccc(C(=O)N/N=C/c2cc(Cl)c(OCC(=O)Nc3cccc(C)c3)c(OCC)c2)cc1OC. The molecule has 10 heteroatoms. The van der Waals surface area contributed by atoms with Gasteiger partial charge < -0.3 is 24.3 Å². The van der Waals surface area contributed by atoms with Crippen molar-refractivity contribution in [3.63, 3.8) is 0 Å². The minimum atomic E-state index is -0.449. The number of halogens is 1. The van der Waals surface area contributed by atoms with Crippen LogP contribution in [0.2, 0.25) is 5.02 Å². The summed E-state index contributed by atoms with van der Waals surface area (Å²) in [6, 6.07) is 15.4. The summed E-state index contributed by atoms with van der Waals surface area (Å²) in [5, 5.41) is 7.01. The van der Waals surface area contributed by atoms with Gasteiger partial charge in [0.25, 0.3) is 11.8 Å². The zero-order valence-electron chi connectivity index (χ0n) is 22.0. The number of hydrogen-bond acceptors (Lipinski definition) is 7. The fraction of sp³-hybridized carbons (Fsp3) is 0.207. The molecule has 0 aromatic heterocycles. The average Bonchev–Trinajstić information content (AvgIpc) is 2.91. The molecule has 0 aliphatic rings. The lowest BCUT2D eigenvalue weighted by atomic mass is 10.2. The van der Waals surface area contributed by atoms with E-state index in [1.807, 2.05) is 32.0 Å². The van der Waals surface area contributed by atoms with Gasteiger partial charge in [-0.1, -0.05) is 36.4 Å². The van der Waals surface area contributed by atoms with Crippen LogP contribution in [-0.4, -0.2) is 45.0 Å². The second kappa shape index (κ2) is 14.4. The third-order valence-electron chi connectivity index (χ3n) is 5.14. The number of amides is 2. The summed E-state index contributed by atoms with van der Waals surface area (Å²) >= 11 is 6.44. The maximum atomic E-state index is 12.6. The number of methoxy groups -OCH3 is 1. The van der Waals surface area contributed by atoms with Gasteiger partial charge in [-0.15, -0.1) is 0 Å². The number of carbonyl (C=O) groups is 2. The molecule has 0 atom stereocenters. The molecule has 0 unspecified atom stereocenters. The summed E-state index contributed by atoms with van der Waals surface area (Å²) in [5.74, 6) is 0.668. The number of rotatable bonds is 13. The highest BCUT2D eigenvalue weighted by atomic mass is 35.5. The first kappa shape index (κ1) is 29.1. The van der Waals surface area contributed by atoms with Gasteiger partial charge in [0.15, 0.2) is 29.6 Å². The molecule has 3 aromatic rings. The van der Waals surface area contributed by atoms with Crippen molar-refractivity contribution < 1.29 is 28.5 Å². The van der Waals surface area contributed by atoms with Crippen molar-refractivity contribution in [2.24, 2.45) is 5.10 Å². The lowest BCUT2D eigenvalue weighted by molar-refractivity contribution is -0.118. The van der Waals surface area contributed by atoms with E-state index in [-0.39, 0.29) is 23.3 Å². The average molecular weight is 552 g/mol. The summed E-state index contributed by atoms with van der Waals surface area (Å²) in [6.45, 7) is 7.74. The Labute approximate surface area is 232 Å². The van der Waals surface area contributed by atoms with Gasteiger partial charge in [-0.25, -0.2) is 5.43 Å². The molecule has 9 nitrogen and oxygen atoms in total. The van der Waals surface area contributed by atoms with Crippen molar-refractivity contribution in [1.29, 1.82) is 0 Å². The fourth-order valence-electron chi connectivity index (χ4n) is 3.43. The summed E-state index contributed by atoms with van der Waals surface area (Å²) < 4.78 is 22.1. The molecule has 39 heavy (non-hydrogen) atoms. The lowest BCUT2D eigenvalue weighted by Crippen LogP contribution is -2.20. The number of benzene rings is 3. The Hall–Kier alpha value is -4.50. The van der Waals surface area contributed by atoms with Crippen LogP contribution in [0.1, 0.15) is 28.4 Å². The Kier molecular flexibility index (Phi) is 10.8. The van der Waals surface area contributed by atoms with Crippen molar-refractivity contribution in [1.82, 2.24) is 5.43 Å². The van der Waals surface area contributed by atoms with E-state index in [0.29, 0.717) is 47.3 Å². The number of nitrogens with zero attached hydrogens (tertiary/aromatic N) is 1. The van der Waals surface area contributed by atoms with Crippen LogP contribution >= 0.6 is 11.6 Å². The summed E-state index contributed by atoms with van der Waals surface area (Å²) in [7, 11) is 1.49. The third-order valence-corrected chi connectivity index (χ3v) is 5.42. The van der Waals surface area contributed by atoms with Gasteiger partial charge in [0.1, 0.15) is 6.61 Å². The standard InChI is InChI=1S/C29H30ClN3O6/c1-5-12-38-24-11-10-21(16-25(24)36-4)29(35)33-31-17-20-14-23(30)28(26(15-20)37-6-2)39-18-27(34)32-22-9-7-8-19(3)13-22/h5,7-11,13-17H,1,6,12,18H2,2-4H3,(H,32,34)(H,33,35)/b31-17+. The van der Waals surface area contributed by atoms with E-state index in [9.17, 15) is 9.59 Å². The Morgan fingerprint density at radius 1 is 1.03 bits per heavy atom. The highest BCUT2D eigenvalue weighted by molar-refractivity contribution is 6.32. The van der Waals surface area contributed by atoms with Crippen molar-refractivity contribution in [3.05, 3.63) is 89.0 Å². The minimum Gasteiger partial charge on any atom is -0.493 e. The van der Waals surface area contributed by atoms with E-state index in [1.165, 1.54) is 13.3 Å². The molecule has 0 bridgehead atoms. The van der Waals surface area contributed by atoms with Gasteiger partial charge in [0, 0.05) is 11.3 Å². The molecule has 2 amide bonds. The van der Waals surface area contributed by atoms with Gasteiger partial charge in [0.2, 0.25) is 0 Å². The molecule has 3 rings (SSSR count). The van der Waals surface area contributed by atoms with Crippen LogP contribution in [-0.2, 0) is 4.79 Å². The summed E-state index contributed by atoms with van der Waals surface area (Å²) in [6.07, 6.45) is 3.03. The molecule has 0 saturated heterocycles. The molecular formula is C29H30ClN3O6. The van der Waals surface area contributed by atoms with Crippen LogP contribution in [0.5, 0.6) is 23.0 Å². The number of nitrogens with one attached hydrogen (secondary N) is 2. The predicted octanol–water partition coefficient (Wildman–Crippen LogP) is 5.40. The van der Waals surface area contributed by atoms with Crippen molar-refractivity contribution >= 4 is 35.3 Å². The second-order valence-corrected chi connectivity index (χ2v) is 8.54. The first-order valence-electron chi connectivity index (χ1n) is 12.0. The van der Waals surface area contributed by atoms with Gasteiger partial charge in [-0.3, -0.25) is 9.59 Å². The Bertz CT molecular complexity index is 1360. The number of hydrogen-bond donors (Lipinski definition) is 2. The van der Waals surface area contributed by atoms with E-state index < -0.39 is 5.91 Å². The second-order valence-electron chi connectivity index (χ2n) is 8.13. The zero-order chi connectivity index (χ0) is 28.2. The van der Waals surface area contributed by atoms with Gasteiger partial charge in [-0.2, -0.15) is 5.10 Å². The summed E-state index contributed by atoms with van der Waals surface area (Å²) in [5.41, 5.74) is 5.03. The molecule has 0 saturated carbocycles. The molecule has 0 aliphatic heterocycles. The molecular weight excluding hydrogens is 522 g/mol. The quantitative estimate of drug-likeness (QED) is 0.167. The van der Waals surface area contributed by atoms with Crippen molar-refractivity contribution in [3.8, 4) is 23.0 Å². The topological polar surface area (TPSA) is 107 Å². The molecule has 3 aromatic carbocycles. The first-order chi connectivity index (χ1) is 18.8. The Morgan fingerprint density at radius 2 is 1.85 bits per heavy atom. The zero-order valence-corrected chi connectivity index (χ0v) is 22.7. The molecule has 0 fully saturated rings. The van der Waals surface area contributed by atoms with E-state index >= 15 is 0 Å². The van der Waals surface area contributed by atoms with Crippen LogP contribution in [0.4, 0.5) is 5.69 Å². The monoisotopic (exact) mass is 551 g/mol. The highest BCUT2D eigenvalue weighted by Crippen LogP contribution is 2.36. The lowest BCUT2D eigenvalue weighted by Gasteiger charge is -2.14. The van der Waals surface area contributed by atoms with Gasteiger partial charge in [0.05, 0.1) is 25.0 Å². The van der Waals surface area contributed by atoms with Gasteiger partial charge >= 0.3 is 0 Å². The van der Waals surface area contributed by atoms with Crippen LogP contribution < -0.4 is 29.7 Å². The van der Waals surface area contributed by atoms with Crippen LogP contribution in [0.25, 0.3) is 0 Å². The van der Waals surface area contributed by atoms with E-state index in [0.717, 1.165) is 5.56 Å². The van der Waals surface area contributed by atoms with Crippen molar-refractivity contribution in [2.45, 2.75) is 13.8 Å². The minimum absolute atomic E-state index is 0.219.